The predicted octanol–water partition coefficient (Wildman–Crippen LogP) is 7.58. The fourth-order valence-corrected chi connectivity index (χ4v) is 2.47. The number of carboxylic acids is 1. The van der Waals surface area contributed by atoms with E-state index in [1.54, 1.807) is 0 Å². The largest absolute Gasteiger partial charge is 0.481 e. The highest BCUT2D eigenvalue weighted by atomic mass is 16.4. The van der Waals surface area contributed by atoms with Crippen molar-refractivity contribution in [2.45, 2.75) is 71.6 Å². The van der Waals surface area contributed by atoms with Gasteiger partial charge in [-0.1, -0.05) is 93.2 Å². The van der Waals surface area contributed by atoms with Crippen LogP contribution >= 0.6 is 0 Å². The van der Waals surface area contributed by atoms with Crippen molar-refractivity contribution in [1.29, 1.82) is 0 Å². The van der Waals surface area contributed by atoms with E-state index in [2.05, 4.69) is 73.8 Å². The number of aliphatic carboxylic acids is 1. The highest BCUT2D eigenvalue weighted by molar-refractivity contribution is 5.70. The van der Waals surface area contributed by atoms with E-state index in [-0.39, 0.29) is 5.92 Å². The molecule has 2 nitrogen and oxygen atoms in total. The summed E-state index contributed by atoms with van der Waals surface area (Å²) in [6.45, 7) is 4.17. The van der Waals surface area contributed by atoms with Gasteiger partial charge < -0.3 is 5.11 Å². The van der Waals surface area contributed by atoms with Crippen LogP contribution < -0.4 is 0 Å². The molecule has 0 fully saturated rings. The van der Waals surface area contributed by atoms with E-state index in [0.29, 0.717) is 6.42 Å². The number of carboxylic acid groups (broad SMARTS) is 1. The molecular formula is C25H38O2. The lowest BCUT2D eigenvalue weighted by atomic mass is 10.00. The molecule has 0 aliphatic heterocycles. The summed E-state index contributed by atoms with van der Waals surface area (Å²) in [6, 6.07) is 0. The van der Waals surface area contributed by atoms with E-state index >= 15 is 0 Å². The Morgan fingerprint density at radius 3 is 1.37 bits per heavy atom. The van der Waals surface area contributed by atoms with Gasteiger partial charge in [0.25, 0.3) is 0 Å². The van der Waals surface area contributed by atoms with Gasteiger partial charge in [0.2, 0.25) is 0 Å². The molecule has 0 amide bonds. The molecule has 0 bridgehead atoms. The lowest BCUT2D eigenvalue weighted by Crippen LogP contribution is -2.12. The second kappa shape index (κ2) is 20.2. The highest BCUT2D eigenvalue weighted by Crippen LogP contribution is 2.12. The maximum absolute atomic E-state index is 11.0. The Kier molecular flexibility index (Phi) is 18.7. The molecule has 0 saturated carbocycles. The van der Waals surface area contributed by atoms with Gasteiger partial charge in [0, 0.05) is 0 Å². The number of hydrogen-bond acceptors (Lipinski definition) is 1. The molecule has 1 atom stereocenters. The van der Waals surface area contributed by atoms with Gasteiger partial charge in [-0.2, -0.15) is 0 Å². The first kappa shape index (κ1) is 24.9. The number of carbonyl (C=O) groups is 1. The summed E-state index contributed by atoms with van der Waals surface area (Å²) in [4.78, 5) is 11.0. The average molecular weight is 371 g/mol. The Morgan fingerprint density at radius 2 is 1.04 bits per heavy atom. The normalized spacial score (nSPS) is 14.1. The topological polar surface area (TPSA) is 37.3 Å². The van der Waals surface area contributed by atoms with Crippen LogP contribution in [-0.4, -0.2) is 11.1 Å². The fourth-order valence-electron chi connectivity index (χ4n) is 2.47. The van der Waals surface area contributed by atoms with Gasteiger partial charge in [0.05, 0.1) is 5.92 Å². The molecule has 0 rings (SSSR count). The van der Waals surface area contributed by atoms with Gasteiger partial charge in [-0.15, -0.1) is 0 Å². The van der Waals surface area contributed by atoms with Gasteiger partial charge >= 0.3 is 5.97 Å². The van der Waals surface area contributed by atoms with Gasteiger partial charge in [0.15, 0.2) is 0 Å². The van der Waals surface area contributed by atoms with Crippen molar-refractivity contribution in [2.75, 3.05) is 0 Å². The molecular weight excluding hydrogens is 332 g/mol. The standard InChI is InChI=1S/C25H38O2/c1-3-5-6-7-8-9-10-11-12-13-14-15-16-17-18-19-20-21-23-24(22-4-2)25(26)27/h5-6,8-9,11-12,14-15,17-18,20-21,24H,3-4,7,10,13,16,19,22-23H2,1-2H3,(H,26,27)/b6-5-,9-8-,12-11-,15-14-,18-17-,21-20-. The molecule has 0 saturated heterocycles. The van der Waals surface area contributed by atoms with Crippen molar-refractivity contribution in [3.63, 3.8) is 0 Å². The minimum Gasteiger partial charge on any atom is -0.481 e. The van der Waals surface area contributed by atoms with Crippen molar-refractivity contribution in [2.24, 2.45) is 5.92 Å². The van der Waals surface area contributed by atoms with Crippen LogP contribution in [0.2, 0.25) is 0 Å². The van der Waals surface area contributed by atoms with Crippen LogP contribution in [0.15, 0.2) is 72.9 Å². The maximum Gasteiger partial charge on any atom is 0.306 e. The summed E-state index contributed by atoms with van der Waals surface area (Å²) < 4.78 is 0. The van der Waals surface area contributed by atoms with Gasteiger partial charge in [-0.05, 0) is 51.4 Å². The van der Waals surface area contributed by atoms with Crippen LogP contribution in [0, 0.1) is 5.92 Å². The van der Waals surface area contributed by atoms with Crippen LogP contribution in [0.25, 0.3) is 0 Å². The number of rotatable bonds is 16. The summed E-state index contributed by atoms with van der Waals surface area (Å²) in [5, 5.41) is 9.08. The zero-order chi connectivity index (χ0) is 20.0. The van der Waals surface area contributed by atoms with Crippen LogP contribution in [-0.2, 0) is 4.79 Å². The Hall–Kier alpha value is -2.09. The van der Waals surface area contributed by atoms with Crippen LogP contribution in [0.5, 0.6) is 0 Å². The fraction of sp³-hybridized carbons (Fsp3) is 0.480. The van der Waals surface area contributed by atoms with E-state index in [1.807, 2.05) is 13.0 Å². The van der Waals surface area contributed by atoms with Crippen molar-refractivity contribution >= 4 is 5.97 Å². The second-order valence-electron chi connectivity index (χ2n) is 6.47. The van der Waals surface area contributed by atoms with Crippen LogP contribution in [0.1, 0.15) is 71.6 Å². The molecule has 0 aliphatic carbocycles. The molecule has 1 unspecified atom stereocenters. The quantitative estimate of drug-likeness (QED) is 0.284. The molecule has 27 heavy (non-hydrogen) atoms. The first-order valence-corrected chi connectivity index (χ1v) is 10.3. The molecule has 0 aromatic rings. The van der Waals surface area contributed by atoms with Crippen molar-refractivity contribution in [1.82, 2.24) is 0 Å². The van der Waals surface area contributed by atoms with Crippen LogP contribution in [0.4, 0.5) is 0 Å². The first-order valence-electron chi connectivity index (χ1n) is 10.3. The summed E-state index contributed by atoms with van der Waals surface area (Å²) in [5.41, 5.74) is 0. The van der Waals surface area contributed by atoms with Crippen molar-refractivity contribution in [3.05, 3.63) is 72.9 Å². The zero-order valence-corrected chi connectivity index (χ0v) is 17.2. The molecule has 0 aromatic heterocycles. The summed E-state index contributed by atoms with van der Waals surface area (Å²) in [6.07, 6.45) is 34.1. The molecule has 0 heterocycles. The summed E-state index contributed by atoms with van der Waals surface area (Å²) in [7, 11) is 0. The van der Waals surface area contributed by atoms with Gasteiger partial charge in [-0.3, -0.25) is 4.79 Å². The van der Waals surface area contributed by atoms with Crippen molar-refractivity contribution < 1.29 is 9.90 Å². The predicted molar refractivity (Wildman–Crippen MR) is 119 cm³/mol. The third kappa shape index (κ3) is 18.5. The summed E-state index contributed by atoms with van der Waals surface area (Å²) in [5.74, 6) is -0.920. The number of allylic oxidation sites excluding steroid dienone is 12. The van der Waals surface area contributed by atoms with Gasteiger partial charge in [0.1, 0.15) is 0 Å². The molecule has 150 valence electrons. The SMILES string of the molecule is CC/C=C\C/C=C\C/C=C\C/C=C\C/C=C\C/C=C\CC(CCC)C(=O)O. The third-order valence-corrected chi connectivity index (χ3v) is 4.00. The Bertz CT molecular complexity index is 518. The minimum atomic E-state index is -0.684. The van der Waals surface area contributed by atoms with E-state index < -0.39 is 5.97 Å². The molecule has 0 spiro atoms. The first-order chi connectivity index (χ1) is 13.2. The minimum absolute atomic E-state index is 0.236. The van der Waals surface area contributed by atoms with Crippen molar-refractivity contribution in [3.8, 4) is 0 Å². The molecule has 0 aromatic carbocycles. The molecule has 1 N–H and O–H groups in total. The highest BCUT2D eigenvalue weighted by Gasteiger charge is 2.13. The van der Waals surface area contributed by atoms with E-state index in [0.717, 1.165) is 51.4 Å². The van der Waals surface area contributed by atoms with E-state index in [9.17, 15) is 4.79 Å². The number of hydrogen-bond donors (Lipinski definition) is 1. The molecule has 2 heteroatoms. The van der Waals surface area contributed by atoms with E-state index in [1.165, 1.54) is 0 Å². The third-order valence-electron chi connectivity index (χ3n) is 4.00. The Balaban J connectivity index is 3.70. The van der Waals surface area contributed by atoms with Gasteiger partial charge in [-0.25, -0.2) is 0 Å². The maximum atomic E-state index is 11.0. The zero-order valence-electron chi connectivity index (χ0n) is 17.2. The van der Waals surface area contributed by atoms with Crippen LogP contribution in [0.3, 0.4) is 0 Å². The second-order valence-corrected chi connectivity index (χ2v) is 6.47. The monoisotopic (exact) mass is 370 g/mol. The smallest absolute Gasteiger partial charge is 0.306 e. The average Bonchev–Trinajstić information content (AvgIpc) is 2.66. The Morgan fingerprint density at radius 1 is 0.667 bits per heavy atom. The van der Waals surface area contributed by atoms with E-state index in [4.69, 9.17) is 5.11 Å². The molecule has 0 radical (unpaired) electrons. The Labute approximate surface area is 166 Å². The lowest BCUT2D eigenvalue weighted by molar-refractivity contribution is -0.141. The lowest BCUT2D eigenvalue weighted by Gasteiger charge is -2.06. The summed E-state index contributed by atoms with van der Waals surface area (Å²) >= 11 is 0. The molecule has 0 aliphatic rings.